The zero-order valence-corrected chi connectivity index (χ0v) is 9.34. The molecule has 1 N–H and O–H groups in total. The molecule has 1 amide bonds. The fourth-order valence-corrected chi connectivity index (χ4v) is 2.85. The molecule has 0 bridgehead atoms. The Morgan fingerprint density at radius 2 is 2.29 bits per heavy atom. The van der Waals surface area contributed by atoms with Crippen LogP contribution in [-0.4, -0.2) is 11.7 Å². The molecule has 0 radical (unpaired) electrons. The van der Waals surface area contributed by atoms with Gasteiger partial charge in [-0.15, -0.1) is 11.8 Å². The van der Waals surface area contributed by atoms with Crippen LogP contribution in [0.5, 0.6) is 0 Å². The SMILES string of the molecule is Cc1cc(Cl)cc2c1NC(=O)CCS2. The average molecular weight is 228 g/mol. The lowest BCUT2D eigenvalue weighted by atomic mass is 10.2. The summed E-state index contributed by atoms with van der Waals surface area (Å²) in [6.07, 6.45) is 0.566. The van der Waals surface area contributed by atoms with Crippen LogP contribution in [-0.2, 0) is 4.79 Å². The Labute approximate surface area is 92.0 Å². The van der Waals surface area contributed by atoms with Crippen LogP contribution in [0.2, 0.25) is 5.02 Å². The first-order valence-electron chi connectivity index (χ1n) is 4.39. The summed E-state index contributed by atoms with van der Waals surface area (Å²) in [7, 11) is 0. The normalized spacial score (nSPS) is 15.7. The summed E-state index contributed by atoms with van der Waals surface area (Å²) in [6, 6.07) is 3.77. The number of benzene rings is 1. The number of carbonyl (C=O) groups excluding carboxylic acids is 1. The van der Waals surface area contributed by atoms with Crippen molar-refractivity contribution in [3.63, 3.8) is 0 Å². The first-order valence-corrected chi connectivity index (χ1v) is 5.76. The third kappa shape index (κ3) is 1.88. The van der Waals surface area contributed by atoms with Crippen molar-refractivity contribution in [3.8, 4) is 0 Å². The number of anilines is 1. The lowest BCUT2D eigenvalue weighted by molar-refractivity contribution is -0.115. The van der Waals surface area contributed by atoms with Crippen molar-refractivity contribution >= 4 is 35.0 Å². The Balaban J connectivity index is 2.50. The molecule has 4 heteroatoms. The van der Waals surface area contributed by atoms with E-state index in [0.29, 0.717) is 6.42 Å². The summed E-state index contributed by atoms with van der Waals surface area (Å²) in [5, 5.41) is 3.63. The van der Waals surface area contributed by atoms with Crippen molar-refractivity contribution in [2.45, 2.75) is 18.2 Å². The topological polar surface area (TPSA) is 29.1 Å². The zero-order valence-electron chi connectivity index (χ0n) is 7.76. The van der Waals surface area contributed by atoms with Crippen LogP contribution in [0.3, 0.4) is 0 Å². The molecule has 0 atom stereocenters. The van der Waals surface area contributed by atoms with Crippen molar-refractivity contribution in [2.75, 3.05) is 11.1 Å². The van der Waals surface area contributed by atoms with E-state index in [0.717, 1.165) is 26.9 Å². The van der Waals surface area contributed by atoms with E-state index in [1.165, 1.54) is 0 Å². The van der Waals surface area contributed by atoms with Gasteiger partial charge >= 0.3 is 0 Å². The fourth-order valence-electron chi connectivity index (χ4n) is 1.44. The third-order valence-corrected chi connectivity index (χ3v) is 3.37. The van der Waals surface area contributed by atoms with Gasteiger partial charge < -0.3 is 5.32 Å². The Hall–Kier alpha value is -0.670. The largest absolute Gasteiger partial charge is 0.325 e. The predicted molar refractivity (Wildman–Crippen MR) is 60.2 cm³/mol. The number of hydrogen-bond acceptors (Lipinski definition) is 2. The highest BCUT2D eigenvalue weighted by molar-refractivity contribution is 7.99. The standard InChI is InChI=1S/C10H10ClNOS/c1-6-4-7(11)5-8-10(6)12-9(13)2-3-14-8/h4-5H,2-3H2,1H3,(H,12,13). The third-order valence-electron chi connectivity index (χ3n) is 2.12. The van der Waals surface area contributed by atoms with Crippen molar-refractivity contribution in [2.24, 2.45) is 0 Å². The summed E-state index contributed by atoms with van der Waals surface area (Å²) in [5.41, 5.74) is 1.94. The molecule has 14 heavy (non-hydrogen) atoms. The number of aryl methyl sites for hydroxylation is 1. The van der Waals surface area contributed by atoms with E-state index in [9.17, 15) is 4.79 Å². The molecule has 74 valence electrons. The molecule has 1 aromatic carbocycles. The molecule has 0 aromatic heterocycles. The first kappa shape index (κ1) is 9.87. The van der Waals surface area contributed by atoms with Crippen molar-refractivity contribution in [3.05, 3.63) is 22.7 Å². The number of amides is 1. The van der Waals surface area contributed by atoms with E-state index in [1.54, 1.807) is 11.8 Å². The summed E-state index contributed by atoms with van der Waals surface area (Å²) in [6.45, 7) is 1.96. The number of thioether (sulfide) groups is 1. The van der Waals surface area contributed by atoms with Gasteiger partial charge in [-0.25, -0.2) is 0 Å². The number of fused-ring (bicyclic) bond motifs is 1. The molecule has 0 aliphatic carbocycles. The summed E-state index contributed by atoms with van der Waals surface area (Å²) in [4.78, 5) is 12.4. The molecule has 0 saturated carbocycles. The Kier molecular flexibility index (Phi) is 2.70. The highest BCUT2D eigenvalue weighted by Crippen LogP contribution is 2.35. The highest BCUT2D eigenvalue weighted by atomic mass is 35.5. The molecule has 1 heterocycles. The molecule has 0 spiro atoms. The van der Waals surface area contributed by atoms with E-state index in [2.05, 4.69) is 5.32 Å². The van der Waals surface area contributed by atoms with Crippen molar-refractivity contribution in [1.82, 2.24) is 0 Å². The van der Waals surface area contributed by atoms with Gasteiger partial charge in [-0.05, 0) is 24.6 Å². The van der Waals surface area contributed by atoms with Gasteiger partial charge in [-0.2, -0.15) is 0 Å². The lowest BCUT2D eigenvalue weighted by Crippen LogP contribution is -2.11. The maximum atomic E-state index is 11.3. The quantitative estimate of drug-likeness (QED) is 0.738. The van der Waals surface area contributed by atoms with Gasteiger partial charge in [0.15, 0.2) is 0 Å². The maximum Gasteiger partial charge on any atom is 0.225 e. The van der Waals surface area contributed by atoms with Gasteiger partial charge in [-0.1, -0.05) is 11.6 Å². The Morgan fingerprint density at radius 3 is 3.07 bits per heavy atom. The molecular formula is C10H10ClNOS. The van der Waals surface area contributed by atoms with Crippen LogP contribution in [0.1, 0.15) is 12.0 Å². The smallest absolute Gasteiger partial charge is 0.225 e. The molecule has 0 saturated heterocycles. The van der Waals surface area contributed by atoms with Crippen LogP contribution in [0.4, 0.5) is 5.69 Å². The van der Waals surface area contributed by atoms with Crippen LogP contribution in [0.15, 0.2) is 17.0 Å². The molecule has 1 aliphatic heterocycles. The van der Waals surface area contributed by atoms with Crippen molar-refractivity contribution in [1.29, 1.82) is 0 Å². The molecule has 2 rings (SSSR count). The van der Waals surface area contributed by atoms with E-state index >= 15 is 0 Å². The van der Waals surface area contributed by atoms with Gasteiger partial charge in [-0.3, -0.25) is 4.79 Å². The van der Waals surface area contributed by atoms with Crippen LogP contribution in [0.25, 0.3) is 0 Å². The van der Waals surface area contributed by atoms with Crippen LogP contribution in [0, 0.1) is 6.92 Å². The monoisotopic (exact) mass is 227 g/mol. The van der Waals surface area contributed by atoms with E-state index in [4.69, 9.17) is 11.6 Å². The second kappa shape index (κ2) is 3.83. The van der Waals surface area contributed by atoms with E-state index in [1.807, 2.05) is 19.1 Å². The van der Waals surface area contributed by atoms with E-state index in [-0.39, 0.29) is 5.91 Å². The molecule has 0 unspecified atom stereocenters. The van der Waals surface area contributed by atoms with E-state index < -0.39 is 0 Å². The molecule has 1 aromatic rings. The number of carbonyl (C=O) groups is 1. The first-order chi connectivity index (χ1) is 6.66. The van der Waals surface area contributed by atoms with Gasteiger partial charge in [0.2, 0.25) is 5.91 Å². The van der Waals surface area contributed by atoms with Crippen molar-refractivity contribution < 1.29 is 4.79 Å². The minimum atomic E-state index is 0.0849. The molecule has 0 fully saturated rings. The molecule has 1 aliphatic rings. The molecule has 2 nitrogen and oxygen atoms in total. The summed E-state index contributed by atoms with van der Waals surface area (Å²) < 4.78 is 0. The fraction of sp³-hybridized carbons (Fsp3) is 0.300. The number of hydrogen-bond donors (Lipinski definition) is 1. The zero-order chi connectivity index (χ0) is 10.1. The second-order valence-corrected chi connectivity index (χ2v) is 4.82. The maximum absolute atomic E-state index is 11.3. The van der Waals surface area contributed by atoms with Gasteiger partial charge in [0.05, 0.1) is 5.69 Å². The summed E-state index contributed by atoms with van der Waals surface area (Å²) in [5.74, 6) is 0.903. The summed E-state index contributed by atoms with van der Waals surface area (Å²) >= 11 is 7.62. The minimum absolute atomic E-state index is 0.0849. The van der Waals surface area contributed by atoms with Gasteiger partial charge in [0.1, 0.15) is 0 Å². The number of halogens is 1. The molecular weight excluding hydrogens is 218 g/mol. The Bertz CT molecular complexity index is 392. The van der Waals surface area contributed by atoms with Crippen LogP contribution >= 0.6 is 23.4 Å². The second-order valence-electron chi connectivity index (χ2n) is 3.24. The average Bonchev–Trinajstić information content (AvgIpc) is 2.27. The van der Waals surface area contributed by atoms with Gasteiger partial charge in [0.25, 0.3) is 0 Å². The van der Waals surface area contributed by atoms with Crippen LogP contribution < -0.4 is 5.32 Å². The van der Waals surface area contributed by atoms with Gasteiger partial charge in [0, 0.05) is 22.1 Å². The predicted octanol–water partition coefficient (Wildman–Crippen LogP) is 3.08. The Morgan fingerprint density at radius 1 is 1.50 bits per heavy atom. The minimum Gasteiger partial charge on any atom is -0.325 e. The number of nitrogens with one attached hydrogen (secondary N) is 1. The lowest BCUT2D eigenvalue weighted by Gasteiger charge is -2.09. The number of rotatable bonds is 0. The highest BCUT2D eigenvalue weighted by Gasteiger charge is 2.15.